The molecular weight excluding hydrogens is 508 g/mol. The largest absolute Gasteiger partial charge is 0.340 e. The molecular formula is C31H26N4O3S. The van der Waals surface area contributed by atoms with Gasteiger partial charge < -0.3 is 4.90 Å². The zero-order chi connectivity index (χ0) is 26.9. The van der Waals surface area contributed by atoms with Crippen LogP contribution in [0.3, 0.4) is 0 Å². The fraction of sp³-hybridized carbons (Fsp3) is 0.161. The summed E-state index contributed by atoms with van der Waals surface area (Å²) in [5, 5.41) is 11.2. The number of fused-ring (bicyclic) bond motifs is 3. The van der Waals surface area contributed by atoms with Crippen LogP contribution in [0.5, 0.6) is 0 Å². The van der Waals surface area contributed by atoms with Gasteiger partial charge in [0.15, 0.2) is 0 Å². The van der Waals surface area contributed by atoms with E-state index in [0.717, 1.165) is 42.1 Å². The molecule has 5 aromatic rings. The van der Waals surface area contributed by atoms with Crippen LogP contribution in [0, 0.1) is 10.1 Å². The SMILES string of the molecule is CCCCCN1c2ccccc2Sc2ccc(C(=O)c3c(-c4ccc([N+](=O)[O-])cc4)nc4ccccn34)cc21. The Morgan fingerprint density at radius 1 is 0.923 bits per heavy atom. The number of unbranched alkanes of at least 4 members (excludes halogenated alkanes) is 2. The molecule has 194 valence electrons. The second kappa shape index (κ2) is 10.4. The molecule has 0 saturated carbocycles. The van der Waals surface area contributed by atoms with Crippen molar-refractivity contribution < 1.29 is 9.72 Å². The fourth-order valence-electron chi connectivity index (χ4n) is 5.02. The van der Waals surface area contributed by atoms with E-state index in [9.17, 15) is 14.9 Å². The van der Waals surface area contributed by atoms with Crippen molar-refractivity contribution in [2.24, 2.45) is 0 Å². The van der Waals surface area contributed by atoms with Gasteiger partial charge in [-0.1, -0.05) is 49.7 Å². The number of ketones is 1. The van der Waals surface area contributed by atoms with Gasteiger partial charge in [0.05, 0.1) is 16.3 Å². The van der Waals surface area contributed by atoms with Crippen LogP contribution in [0.2, 0.25) is 0 Å². The molecule has 0 amide bonds. The first-order valence-corrected chi connectivity index (χ1v) is 13.8. The summed E-state index contributed by atoms with van der Waals surface area (Å²) in [5.74, 6) is -0.151. The second-order valence-corrected chi connectivity index (χ2v) is 10.6. The van der Waals surface area contributed by atoms with E-state index in [-0.39, 0.29) is 11.5 Å². The maximum Gasteiger partial charge on any atom is 0.269 e. The van der Waals surface area contributed by atoms with Gasteiger partial charge in [-0.05, 0) is 61.0 Å². The van der Waals surface area contributed by atoms with Crippen molar-refractivity contribution in [3.8, 4) is 11.3 Å². The van der Waals surface area contributed by atoms with Gasteiger partial charge in [-0.25, -0.2) is 4.98 Å². The van der Waals surface area contributed by atoms with Crippen LogP contribution in [0.1, 0.15) is 42.2 Å². The number of nitro benzene ring substituents is 1. The molecule has 39 heavy (non-hydrogen) atoms. The highest BCUT2D eigenvalue weighted by Crippen LogP contribution is 2.48. The Kier molecular flexibility index (Phi) is 6.62. The number of rotatable bonds is 8. The van der Waals surface area contributed by atoms with Crippen molar-refractivity contribution in [2.75, 3.05) is 11.4 Å². The summed E-state index contributed by atoms with van der Waals surface area (Å²) >= 11 is 1.72. The Balaban J connectivity index is 1.45. The van der Waals surface area contributed by atoms with Crippen molar-refractivity contribution >= 4 is 40.3 Å². The monoisotopic (exact) mass is 534 g/mol. The minimum Gasteiger partial charge on any atom is -0.340 e. The summed E-state index contributed by atoms with van der Waals surface area (Å²) in [4.78, 5) is 34.3. The second-order valence-electron chi connectivity index (χ2n) is 9.48. The smallest absolute Gasteiger partial charge is 0.269 e. The standard InChI is InChI=1S/C31H26N4O3S/c1-2-3-7-18-33-24-9-4-5-10-26(24)39-27-17-14-22(20-25(27)33)31(36)30-29(32-28-11-6-8-19-34(28)30)21-12-15-23(16-13-21)35(37)38/h4-6,8-17,19-20H,2-3,7,18H2,1H3. The average Bonchev–Trinajstić information content (AvgIpc) is 3.36. The van der Waals surface area contributed by atoms with Gasteiger partial charge >= 0.3 is 0 Å². The van der Waals surface area contributed by atoms with Gasteiger partial charge in [-0.15, -0.1) is 0 Å². The topological polar surface area (TPSA) is 80.8 Å². The van der Waals surface area contributed by atoms with Gasteiger partial charge in [0.25, 0.3) is 5.69 Å². The third-order valence-corrected chi connectivity index (χ3v) is 8.10. The van der Waals surface area contributed by atoms with E-state index < -0.39 is 4.92 Å². The number of benzene rings is 3. The molecule has 0 bridgehead atoms. The molecule has 8 heteroatoms. The summed E-state index contributed by atoms with van der Waals surface area (Å²) in [5.41, 5.74) is 4.98. The molecule has 0 aliphatic carbocycles. The van der Waals surface area contributed by atoms with Crippen molar-refractivity contribution in [1.82, 2.24) is 9.38 Å². The fourth-order valence-corrected chi connectivity index (χ4v) is 6.10. The molecule has 1 aliphatic heterocycles. The van der Waals surface area contributed by atoms with E-state index in [0.29, 0.717) is 28.2 Å². The lowest BCUT2D eigenvalue weighted by Crippen LogP contribution is -2.22. The maximum atomic E-state index is 14.2. The van der Waals surface area contributed by atoms with Gasteiger partial charge in [-0.2, -0.15) is 0 Å². The van der Waals surface area contributed by atoms with Gasteiger partial charge in [-0.3, -0.25) is 19.3 Å². The zero-order valence-corrected chi connectivity index (χ0v) is 22.2. The minimum absolute atomic E-state index is 0.00831. The zero-order valence-electron chi connectivity index (χ0n) is 21.4. The molecule has 3 aromatic carbocycles. The van der Waals surface area contributed by atoms with Crippen LogP contribution in [0.15, 0.2) is 101 Å². The molecule has 1 aliphatic rings. The maximum absolute atomic E-state index is 14.2. The predicted octanol–water partition coefficient (Wildman–Crippen LogP) is 7.93. The highest BCUT2D eigenvalue weighted by molar-refractivity contribution is 7.99. The lowest BCUT2D eigenvalue weighted by Gasteiger charge is -2.33. The molecule has 6 rings (SSSR count). The van der Waals surface area contributed by atoms with Gasteiger partial charge in [0.1, 0.15) is 17.0 Å². The number of nitrogens with zero attached hydrogens (tertiary/aromatic N) is 4. The quantitative estimate of drug-likeness (QED) is 0.0870. The van der Waals surface area contributed by atoms with Crippen LogP contribution >= 0.6 is 11.8 Å². The number of non-ortho nitro benzene ring substituents is 1. The van der Waals surface area contributed by atoms with Crippen LogP contribution in [-0.4, -0.2) is 26.6 Å². The number of aromatic nitrogens is 2. The lowest BCUT2D eigenvalue weighted by molar-refractivity contribution is -0.384. The molecule has 0 N–H and O–H groups in total. The number of para-hydroxylation sites is 1. The third kappa shape index (κ3) is 4.57. The number of imidazole rings is 1. The molecule has 0 spiro atoms. The van der Waals surface area contributed by atoms with Crippen LogP contribution < -0.4 is 4.90 Å². The molecule has 0 radical (unpaired) electrons. The highest BCUT2D eigenvalue weighted by Gasteiger charge is 2.27. The molecule has 0 unspecified atom stereocenters. The van der Waals surface area contributed by atoms with E-state index in [1.165, 1.54) is 17.0 Å². The number of carbonyl (C=O) groups excluding carboxylic acids is 1. The summed E-state index contributed by atoms with van der Waals surface area (Å²) in [7, 11) is 0. The van der Waals surface area contributed by atoms with Crippen LogP contribution in [-0.2, 0) is 0 Å². The number of anilines is 2. The van der Waals surface area contributed by atoms with E-state index >= 15 is 0 Å². The van der Waals surface area contributed by atoms with Gasteiger partial charge in [0.2, 0.25) is 5.78 Å². The van der Waals surface area contributed by atoms with E-state index in [1.54, 1.807) is 28.3 Å². The summed E-state index contributed by atoms with van der Waals surface area (Å²) in [6.45, 7) is 3.07. The number of hydrogen-bond acceptors (Lipinski definition) is 6. The van der Waals surface area contributed by atoms with Crippen molar-refractivity contribution in [1.29, 1.82) is 0 Å². The molecule has 3 heterocycles. The first-order chi connectivity index (χ1) is 19.0. The lowest BCUT2D eigenvalue weighted by atomic mass is 10.0. The van der Waals surface area contributed by atoms with Crippen LogP contribution in [0.25, 0.3) is 16.9 Å². The van der Waals surface area contributed by atoms with Crippen molar-refractivity contribution in [2.45, 2.75) is 36.0 Å². The highest BCUT2D eigenvalue weighted by atomic mass is 32.2. The number of carbonyl (C=O) groups is 1. The predicted molar refractivity (Wildman–Crippen MR) is 154 cm³/mol. The minimum atomic E-state index is -0.435. The normalized spacial score (nSPS) is 12.3. The van der Waals surface area contributed by atoms with Crippen molar-refractivity contribution in [3.63, 3.8) is 0 Å². The molecule has 0 saturated heterocycles. The Hall–Kier alpha value is -4.43. The molecule has 0 atom stereocenters. The Morgan fingerprint density at radius 3 is 2.49 bits per heavy atom. The molecule has 0 fully saturated rings. The molecule has 7 nitrogen and oxygen atoms in total. The summed E-state index contributed by atoms with van der Waals surface area (Å²) in [6.07, 6.45) is 5.16. The van der Waals surface area contributed by atoms with E-state index in [4.69, 9.17) is 4.98 Å². The number of pyridine rings is 1. The van der Waals surface area contributed by atoms with E-state index in [2.05, 4.69) is 36.1 Å². The van der Waals surface area contributed by atoms with E-state index in [1.807, 2.05) is 42.6 Å². The Labute approximate surface area is 230 Å². The Morgan fingerprint density at radius 2 is 1.69 bits per heavy atom. The summed E-state index contributed by atoms with van der Waals surface area (Å²) < 4.78 is 1.79. The first kappa shape index (κ1) is 24.9. The molecule has 2 aromatic heterocycles. The number of nitro groups is 1. The number of hydrogen-bond donors (Lipinski definition) is 0. The third-order valence-electron chi connectivity index (χ3n) is 6.97. The Bertz CT molecular complexity index is 1710. The average molecular weight is 535 g/mol. The van der Waals surface area contributed by atoms with Gasteiger partial charge in [0, 0.05) is 45.8 Å². The first-order valence-electron chi connectivity index (χ1n) is 13.0. The van der Waals surface area contributed by atoms with Crippen molar-refractivity contribution in [3.05, 3.63) is 112 Å². The van der Waals surface area contributed by atoms with Crippen LogP contribution in [0.4, 0.5) is 17.1 Å². The summed E-state index contributed by atoms with van der Waals surface area (Å²) in [6, 6.07) is 26.1.